The van der Waals surface area contributed by atoms with Crippen LogP contribution in [0.5, 0.6) is 11.5 Å². The van der Waals surface area contributed by atoms with Gasteiger partial charge in [0.2, 0.25) is 0 Å². The minimum atomic E-state index is -0.920. The zero-order valence-electron chi connectivity index (χ0n) is 15.2. The Morgan fingerprint density at radius 1 is 1.07 bits per heavy atom. The molecule has 27 heavy (non-hydrogen) atoms. The summed E-state index contributed by atoms with van der Waals surface area (Å²) in [6.07, 6.45) is -0.920. The van der Waals surface area contributed by atoms with Gasteiger partial charge in [0.15, 0.2) is 17.6 Å². The molecule has 1 N–H and O–H groups in total. The van der Waals surface area contributed by atoms with Gasteiger partial charge in [-0.2, -0.15) is 0 Å². The summed E-state index contributed by atoms with van der Waals surface area (Å²) in [6, 6.07) is 12.6. The van der Waals surface area contributed by atoms with E-state index in [0.29, 0.717) is 17.2 Å². The van der Waals surface area contributed by atoms with E-state index in [0.717, 1.165) is 9.37 Å². The van der Waals surface area contributed by atoms with Crippen LogP contribution in [0.2, 0.25) is 0 Å². The summed E-state index contributed by atoms with van der Waals surface area (Å²) in [5, 5.41) is 2.69. The highest BCUT2D eigenvalue weighted by Crippen LogP contribution is 2.29. The lowest BCUT2D eigenvalue weighted by Crippen LogP contribution is -2.30. The molecule has 2 aromatic carbocycles. The van der Waals surface area contributed by atoms with E-state index in [1.165, 1.54) is 32.9 Å². The number of carbonyl (C=O) groups is 2. The van der Waals surface area contributed by atoms with Crippen LogP contribution in [-0.2, 0) is 14.3 Å². The molecule has 0 aliphatic heterocycles. The number of benzene rings is 2. The SMILES string of the molecule is COc1ccc(NC(=O)C(C)OC(=O)CSc2ccc(Br)cc2)cc1OC. The number of amides is 1. The lowest BCUT2D eigenvalue weighted by Gasteiger charge is -2.15. The van der Waals surface area contributed by atoms with E-state index in [2.05, 4.69) is 21.2 Å². The molecule has 0 bridgehead atoms. The summed E-state index contributed by atoms with van der Waals surface area (Å²) < 4.78 is 16.5. The second-order valence-corrected chi connectivity index (χ2v) is 7.40. The van der Waals surface area contributed by atoms with Gasteiger partial charge in [0.1, 0.15) is 0 Å². The Hall–Kier alpha value is -2.19. The fourth-order valence-electron chi connectivity index (χ4n) is 2.12. The molecule has 2 rings (SSSR count). The molecule has 0 saturated heterocycles. The van der Waals surface area contributed by atoms with Gasteiger partial charge in [0, 0.05) is 21.1 Å². The van der Waals surface area contributed by atoms with Gasteiger partial charge < -0.3 is 19.5 Å². The van der Waals surface area contributed by atoms with Crippen molar-refractivity contribution in [3.63, 3.8) is 0 Å². The molecule has 6 nitrogen and oxygen atoms in total. The van der Waals surface area contributed by atoms with Crippen molar-refractivity contribution >= 4 is 45.3 Å². The zero-order valence-corrected chi connectivity index (χ0v) is 17.6. The van der Waals surface area contributed by atoms with Crippen LogP contribution in [0.1, 0.15) is 6.92 Å². The molecule has 1 amide bonds. The first-order valence-corrected chi connectivity index (χ1v) is 9.81. The molecule has 0 radical (unpaired) electrons. The van der Waals surface area contributed by atoms with Crippen LogP contribution in [0.25, 0.3) is 0 Å². The van der Waals surface area contributed by atoms with Gasteiger partial charge in [-0.15, -0.1) is 11.8 Å². The first-order valence-electron chi connectivity index (χ1n) is 8.03. The maximum absolute atomic E-state index is 12.2. The molecule has 0 spiro atoms. The Morgan fingerprint density at radius 3 is 2.37 bits per heavy atom. The number of rotatable bonds is 8. The molecule has 0 aliphatic rings. The Morgan fingerprint density at radius 2 is 1.74 bits per heavy atom. The first kappa shape index (κ1) is 21.1. The van der Waals surface area contributed by atoms with Crippen molar-refractivity contribution in [3.8, 4) is 11.5 Å². The average molecular weight is 454 g/mol. The molecule has 0 aliphatic carbocycles. The third-order valence-corrected chi connectivity index (χ3v) is 5.01. The number of hydrogen-bond donors (Lipinski definition) is 1. The smallest absolute Gasteiger partial charge is 0.317 e. The number of hydrogen-bond acceptors (Lipinski definition) is 6. The van der Waals surface area contributed by atoms with Gasteiger partial charge in [-0.25, -0.2) is 0 Å². The Balaban J connectivity index is 1.85. The molecule has 0 aromatic heterocycles. The molecule has 1 atom stereocenters. The molecule has 2 aromatic rings. The largest absolute Gasteiger partial charge is 0.493 e. The van der Waals surface area contributed by atoms with Crippen LogP contribution in [0.15, 0.2) is 51.8 Å². The maximum Gasteiger partial charge on any atom is 0.317 e. The average Bonchev–Trinajstić information content (AvgIpc) is 2.67. The topological polar surface area (TPSA) is 73.9 Å². The number of nitrogens with one attached hydrogen (secondary N) is 1. The van der Waals surface area contributed by atoms with E-state index in [-0.39, 0.29) is 5.75 Å². The normalized spacial score (nSPS) is 11.4. The highest BCUT2D eigenvalue weighted by atomic mass is 79.9. The molecular weight excluding hydrogens is 434 g/mol. The Bertz CT molecular complexity index is 797. The summed E-state index contributed by atoms with van der Waals surface area (Å²) in [4.78, 5) is 25.1. The zero-order chi connectivity index (χ0) is 19.8. The van der Waals surface area contributed by atoms with Crippen molar-refractivity contribution in [1.82, 2.24) is 0 Å². The van der Waals surface area contributed by atoms with Crippen LogP contribution < -0.4 is 14.8 Å². The lowest BCUT2D eigenvalue weighted by atomic mass is 10.2. The summed E-state index contributed by atoms with van der Waals surface area (Å²) in [5.74, 6) is 0.281. The molecular formula is C19H20BrNO5S. The Labute approximate surface area is 170 Å². The number of esters is 1. The van der Waals surface area contributed by atoms with Gasteiger partial charge in [0.25, 0.3) is 5.91 Å². The summed E-state index contributed by atoms with van der Waals surface area (Å²) >= 11 is 4.70. The van der Waals surface area contributed by atoms with Crippen LogP contribution in [0.4, 0.5) is 5.69 Å². The standard InChI is InChI=1S/C19H20BrNO5S/c1-12(26-18(22)11-27-15-7-4-13(20)5-8-15)19(23)21-14-6-9-16(24-2)17(10-14)25-3/h4-10,12H,11H2,1-3H3,(H,21,23). The van der Waals surface area contributed by atoms with Gasteiger partial charge in [-0.3, -0.25) is 9.59 Å². The number of carbonyl (C=O) groups excluding carboxylic acids is 2. The number of thioether (sulfide) groups is 1. The maximum atomic E-state index is 12.2. The third kappa shape index (κ3) is 6.48. The minimum absolute atomic E-state index is 0.121. The van der Waals surface area contributed by atoms with Crippen LogP contribution >= 0.6 is 27.7 Å². The number of ether oxygens (including phenoxy) is 3. The molecule has 8 heteroatoms. The quantitative estimate of drug-likeness (QED) is 0.478. The second-order valence-electron chi connectivity index (χ2n) is 5.43. The van der Waals surface area contributed by atoms with E-state index < -0.39 is 18.0 Å². The molecule has 0 fully saturated rings. The van der Waals surface area contributed by atoms with E-state index >= 15 is 0 Å². The summed E-state index contributed by atoms with van der Waals surface area (Å²) in [5.41, 5.74) is 0.518. The highest BCUT2D eigenvalue weighted by molar-refractivity contribution is 9.10. The van der Waals surface area contributed by atoms with Gasteiger partial charge in [0.05, 0.1) is 20.0 Å². The lowest BCUT2D eigenvalue weighted by molar-refractivity contribution is -0.150. The van der Waals surface area contributed by atoms with Gasteiger partial charge >= 0.3 is 5.97 Å². The predicted octanol–water partition coefficient (Wildman–Crippen LogP) is 4.13. The van der Waals surface area contributed by atoms with E-state index in [1.54, 1.807) is 18.2 Å². The van der Waals surface area contributed by atoms with Crippen molar-refractivity contribution in [2.45, 2.75) is 17.9 Å². The Kier molecular flexibility index (Phi) is 7.99. The fraction of sp³-hybridized carbons (Fsp3) is 0.263. The minimum Gasteiger partial charge on any atom is -0.493 e. The van der Waals surface area contributed by atoms with Crippen LogP contribution in [0.3, 0.4) is 0 Å². The second kappa shape index (κ2) is 10.2. The van der Waals surface area contributed by atoms with Crippen molar-refractivity contribution in [3.05, 3.63) is 46.9 Å². The van der Waals surface area contributed by atoms with Gasteiger partial charge in [-0.05, 0) is 43.3 Å². The summed E-state index contributed by atoms with van der Waals surface area (Å²) in [7, 11) is 3.04. The fourth-order valence-corrected chi connectivity index (χ4v) is 3.06. The predicted molar refractivity (Wildman–Crippen MR) is 109 cm³/mol. The van der Waals surface area contributed by atoms with Crippen molar-refractivity contribution < 1.29 is 23.8 Å². The first-order chi connectivity index (χ1) is 12.9. The molecule has 0 saturated carbocycles. The van der Waals surface area contributed by atoms with Crippen LogP contribution in [0, 0.1) is 0 Å². The van der Waals surface area contributed by atoms with Crippen molar-refractivity contribution in [2.75, 3.05) is 25.3 Å². The number of anilines is 1. The van der Waals surface area contributed by atoms with E-state index in [9.17, 15) is 9.59 Å². The van der Waals surface area contributed by atoms with E-state index in [1.807, 2.05) is 24.3 Å². The van der Waals surface area contributed by atoms with Crippen molar-refractivity contribution in [1.29, 1.82) is 0 Å². The molecule has 1 unspecified atom stereocenters. The summed E-state index contributed by atoms with van der Waals surface area (Å²) in [6.45, 7) is 1.53. The third-order valence-electron chi connectivity index (χ3n) is 3.50. The van der Waals surface area contributed by atoms with E-state index in [4.69, 9.17) is 14.2 Å². The number of methoxy groups -OCH3 is 2. The molecule has 0 heterocycles. The highest BCUT2D eigenvalue weighted by Gasteiger charge is 2.18. The van der Waals surface area contributed by atoms with Gasteiger partial charge in [-0.1, -0.05) is 15.9 Å². The molecule has 144 valence electrons. The van der Waals surface area contributed by atoms with Crippen molar-refractivity contribution in [2.24, 2.45) is 0 Å². The number of halogens is 1. The monoisotopic (exact) mass is 453 g/mol. The van der Waals surface area contributed by atoms with Crippen LogP contribution in [-0.4, -0.2) is 38.0 Å².